The van der Waals surface area contributed by atoms with Gasteiger partial charge in [-0.1, -0.05) is 0 Å². The summed E-state index contributed by atoms with van der Waals surface area (Å²) < 4.78 is 48.1. The Balaban J connectivity index is 2.86. The number of hydrogen-bond acceptors (Lipinski definition) is 6. The van der Waals surface area contributed by atoms with Gasteiger partial charge >= 0.3 is 0 Å². The summed E-state index contributed by atoms with van der Waals surface area (Å²) >= 11 is 0. The molecule has 1 aromatic rings. The average molecular weight is 293 g/mol. The number of nitrogen functional groups attached to an aromatic ring is 1. The predicted octanol–water partition coefficient (Wildman–Crippen LogP) is -0.625. The number of nitrogens with zero attached hydrogens (tertiary/aromatic N) is 1. The lowest BCUT2D eigenvalue weighted by atomic mass is 10.4. The van der Waals surface area contributed by atoms with Crippen molar-refractivity contribution in [2.24, 2.45) is 0 Å². The number of pyridine rings is 1. The highest BCUT2D eigenvalue weighted by Crippen LogP contribution is 2.09. The SMILES string of the molecule is CC(CS(C)(=O)=O)NS(=O)(=O)c1ccc(N)nc1. The number of sulfone groups is 1. The number of hydrogen-bond donors (Lipinski definition) is 2. The minimum atomic E-state index is -3.78. The monoisotopic (exact) mass is 293 g/mol. The van der Waals surface area contributed by atoms with E-state index in [1.54, 1.807) is 0 Å². The predicted molar refractivity (Wildman–Crippen MR) is 68.1 cm³/mol. The number of sulfonamides is 1. The highest BCUT2D eigenvalue weighted by molar-refractivity contribution is 7.91. The minimum Gasteiger partial charge on any atom is -0.384 e. The lowest BCUT2D eigenvalue weighted by Gasteiger charge is -2.12. The van der Waals surface area contributed by atoms with Crippen molar-refractivity contribution in [1.29, 1.82) is 0 Å². The van der Waals surface area contributed by atoms with Gasteiger partial charge in [0.05, 0.1) is 5.75 Å². The molecule has 0 saturated heterocycles. The smallest absolute Gasteiger partial charge is 0.242 e. The van der Waals surface area contributed by atoms with Gasteiger partial charge in [0.1, 0.15) is 20.6 Å². The molecule has 1 aromatic heterocycles. The molecule has 1 heterocycles. The van der Waals surface area contributed by atoms with Crippen molar-refractivity contribution in [2.75, 3.05) is 17.7 Å². The molecule has 0 amide bonds. The molecule has 0 fully saturated rings. The van der Waals surface area contributed by atoms with E-state index in [1.165, 1.54) is 19.1 Å². The van der Waals surface area contributed by atoms with Crippen LogP contribution in [0.15, 0.2) is 23.2 Å². The number of nitrogens with one attached hydrogen (secondary N) is 1. The van der Waals surface area contributed by atoms with Crippen LogP contribution in [0.1, 0.15) is 6.92 Å². The van der Waals surface area contributed by atoms with Crippen molar-refractivity contribution in [3.05, 3.63) is 18.3 Å². The van der Waals surface area contributed by atoms with Crippen LogP contribution in [0.4, 0.5) is 5.82 Å². The lowest BCUT2D eigenvalue weighted by molar-refractivity contribution is 0.564. The summed E-state index contributed by atoms with van der Waals surface area (Å²) in [7, 11) is -7.03. The zero-order valence-electron chi connectivity index (χ0n) is 9.99. The molecule has 18 heavy (non-hydrogen) atoms. The van der Waals surface area contributed by atoms with E-state index in [1.807, 2.05) is 0 Å². The number of anilines is 1. The molecule has 0 aliphatic carbocycles. The highest BCUT2D eigenvalue weighted by atomic mass is 32.2. The molecule has 7 nitrogen and oxygen atoms in total. The summed E-state index contributed by atoms with van der Waals surface area (Å²) in [5, 5.41) is 0. The Bertz CT molecular complexity index is 608. The molecule has 102 valence electrons. The molecule has 3 N–H and O–H groups in total. The van der Waals surface area contributed by atoms with Gasteiger partial charge in [-0.3, -0.25) is 0 Å². The highest BCUT2D eigenvalue weighted by Gasteiger charge is 2.20. The molecule has 0 saturated carbocycles. The first-order chi connectivity index (χ1) is 8.10. The molecule has 0 radical (unpaired) electrons. The van der Waals surface area contributed by atoms with Gasteiger partial charge in [-0.15, -0.1) is 0 Å². The molecule has 0 bridgehead atoms. The van der Waals surface area contributed by atoms with E-state index < -0.39 is 25.9 Å². The second-order valence-corrected chi connectivity index (χ2v) is 7.93. The van der Waals surface area contributed by atoms with E-state index in [4.69, 9.17) is 5.73 Å². The summed E-state index contributed by atoms with van der Waals surface area (Å²) in [5.74, 6) is -0.0626. The molecule has 1 atom stereocenters. The van der Waals surface area contributed by atoms with Gasteiger partial charge in [0.2, 0.25) is 10.0 Å². The van der Waals surface area contributed by atoms with Gasteiger partial charge in [-0.25, -0.2) is 26.5 Å². The van der Waals surface area contributed by atoms with E-state index >= 15 is 0 Å². The summed E-state index contributed by atoms with van der Waals surface area (Å²) in [6.45, 7) is 1.48. The van der Waals surface area contributed by atoms with E-state index in [9.17, 15) is 16.8 Å². The average Bonchev–Trinajstić information content (AvgIpc) is 2.13. The van der Waals surface area contributed by atoms with Crippen molar-refractivity contribution in [3.8, 4) is 0 Å². The Morgan fingerprint density at radius 2 is 1.94 bits per heavy atom. The van der Waals surface area contributed by atoms with Crippen LogP contribution in [0.2, 0.25) is 0 Å². The molecule has 1 rings (SSSR count). The third kappa shape index (κ3) is 4.59. The van der Waals surface area contributed by atoms with E-state index in [-0.39, 0.29) is 16.5 Å². The molecule has 1 unspecified atom stereocenters. The van der Waals surface area contributed by atoms with Crippen LogP contribution in [0.5, 0.6) is 0 Å². The van der Waals surface area contributed by atoms with Crippen molar-refractivity contribution >= 4 is 25.7 Å². The maximum absolute atomic E-state index is 11.9. The van der Waals surface area contributed by atoms with Crippen LogP contribution in [0.25, 0.3) is 0 Å². The van der Waals surface area contributed by atoms with Crippen LogP contribution in [-0.2, 0) is 19.9 Å². The zero-order chi connectivity index (χ0) is 14.0. The van der Waals surface area contributed by atoms with E-state index in [0.29, 0.717) is 0 Å². The molecule has 0 aliphatic heterocycles. The summed E-state index contributed by atoms with van der Waals surface area (Å²) in [4.78, 5) is 3.61. The fourth-order valence-electron chi connectivity index (χ4n) is 1.37. The Labute approximate surface area is 106 Å². The fraction of sp³-hybridized carbons (Fsp3) is 0.444. The van der Waals surface area contributed by atoms with Gasteiger partial charge in [0.25, 0.3) is 0 Å². The van der Waals surface area contributed by atoms with Gasteiger partial charge in [0, 0.05) is 18.5 Å². The van der Waals surface area contributed by atoms with Crippen LogP contribution in [0.3, 0.4) is 0 Å². The second-order valence-electron chi connectivity index (χ2n) is 4.03. The first-order valence-electron chi connectivity index (χ1n) is 5.02. The van der Waals surface area contributed by atoms with E-state index in [2.05, 4.69) is 9.71 Å². The molecular formula is C9H15N3O4S2. The van der Waals surface area contributed by atoms with Crippen LogP contribution in [-0.4, -0.2) is 39.9 Å². The fourth-order valence-corrected chi connectivity index (χ4v) is 3.66. The Kier molecular flexibility index (Phi) is 4.30. The van der Waals surface area contributed by atoms with Gasteiger partial charge in [-0.2, -0.15) is 0 Å². The normalized spacial score (nSPS) is 14.3. The van der Waals surface area contributed by atoms with Crippen LogP contribution in [0, 0.1) is 0 Å². The Hall–Kier alpha value is -1.19. The van der Waals surface area contributed by atoms with Crippen LogP contribution >= 0.6 is 0 Å². The largest absolute Gasteiger partial charge is 0.384 e. The topological polar surface area (TPSA) is 119 Å². The molecule has 0 spiro atoms. The maximum atomic E-state index is 11.9. The lowest BCUT2D eigenvalue weighted by Crippen LogP contribution is -2.37. The first-order valence-corrected chi connectivity index (χ1v) is 8.56. The molecular weight excluding hydrogens is 278 g/mol. The number of rotatable bonds is 5. The standard InChI is InChI=1S/C9H15N3O4S2/c1-7(6-17(2,13)14)12-18(15,16)8-3-4-9(10)11-5-8/h3-5,7,12H,6H2,1-2H3,(H2,10,11). The summed E-state index contributed by atoms with van der Waals surface area (Å²) in [6, 6.07) is 1.94. The van der Waals surface area contributed by atoms with Crippen molar-refractivity contribution in [3.63, 3.8) is 0 Å². The van der Waals surface area contributed by atoms with Crippen molar-refractivity contribution < 1.29 is 16.8 Å². The van der Waals surface area contributed by atoms with E-state index in [0.717, 1.165) is 12.5 Å². The number of aromatic nitrogens is 1. The van der Waals surface area contributed by atoms with Gasteiger partial charge < -0.3 is 5.73 Å². The van der Waals surface area contributed by atoms with Crippen molar-refractivity contribution in [2.45, 2.75) is 17.9 Å². The summed E-state index contributed by atoms with van der Waals surface area (Å²) in [5.41, 5.74) is 5.35. The van der Waals surface area contributed by atoms with Crippen molar-refractivity contribution in [1.82, 2.24) is 9.71 Å². The Morgan fingerprint density at radius 3 is 2.39 bits per heavy atom. The third-order valence-electron chi connectivity index (χ3n) is 1.98. The number of nitrogens with two attached hydrogens (primary N) is 1. The van der Waals surface area contributed by atoms with Gasteiger partial charge in [-0.05, 0) is 19.1 Å². The van der Waals surface area contributed by atoms with Crippen LogP contribution < -0.4 is 10.5 Å². The maximum Gasteiger partial charge on any atom is 0.242 e. The Morgan fingerprint density at radius 1 is 1.33 bits per heavy atom. The first kappa shape index (κ1) is 14.9. The zero-order valence-corrected chi connectivity index (χ0v) is 11.6. The molecule has 0 aromatic carbocycles. The molecule has 0 aliphatic rings. The second kappa shape index (κ2) is 5.21. The minimum absolute atomic E-state index is 0.0583. The third-order valence-corrected chi connectivity index (χ3v) is 4.66. The quantitative estimate of drug-likeness (QED) is 0.746. The summed E-state index contributed by atoms with van der Waals surface area (Å²) in [6.07, 6.45) is 2.16. The molecule has 9 heteroatoms. The van der Waals surface area contributed by atoms with Gasteiger partial charge in [0.15, 0.2) is 0 Å².